The predicted octanol–water partition coefficient (Wildman–Crippen LogP) is 3.74. The van der Waals surface area contributed by atoms with E-state index in [0.717, 1.165) is 30.7 Å². The van der Waals surface area contributed by atoms with Gasteiger partial charge in [-0.1, -0.05) is 23.7 Å². The number of hydrogen-bond acceptors (Lipinski definition) is 3. The minimum atomic E-state index is -0.166. The van der Waals surface area contributed by atoms with E-state index in [-0.39, 0.29) is 36.0 Å². The van der Waals surface area contributed by atoms with Crippen LogP contribution in [-0.2, 0) is 10.2 Å². The quantitative estimate of drug-likeness (QED) is 0.895. The Hall–Kier alpha value is -0.970. The lowest BCUT2D eigenvalue weighted by Crippen LogP contribution is -2.47. The van der Waals surface area contributed by atoms with Crippen molar-refractivity contribution < 1.29 is 9.53 Å². The monoisotopic (exact) mass is 358 g/mol. The third-order valence-corrected chi connectivity index (χ3v) is 5.50. The van der Waals surface area contributed by atoms with E-state index in [4.69, 9.17) is 22.1 Å². The fourth-order valence-electron chi connectivity index (χ4n) is 3.90. The van der Waals surface area contributed by atoms with Gasteiger partial charge in [-0.15, -0.1) is 12.4 Å². The third kappa shape index (κ3) is 3.44. The van der Waals surface area contributed by atoms with E-state index in [1.54, 1.807) is 0 Å². The van der Waals surface area contributed by atoms with E-state index < -0.39 is 0 Å². The minimum Gasteiger partial charge on any atom is -0.447 e. The normalized spacial score (nSPS) is 30.7. The molecule has 0 spiro atoms. The van der Waals surface area contributed by atoms with E-state index in [2.05, 4.69) is 6.07 Å². The number of nitrogens with zero attached hydrogens (tertiary/aromatic N) is 1. The Morgan fingerprint density at radius 2 is 2.09 bits per heavy atom. The molecule has 4 nitrogen and oxygen atoms in total. The fraction of sp³-hybridized carbons (Fsp3) is 0.588. The second-order valence-electron chi connectivity index (χ2n) is 6.56. The molecule has 128 valence electrons. The largest absolute Gasteiger partial charge is 0.447 e. The molecule has 1 saturated heterocycles. The first-order valence-electron chi connectivity index (χ1n) is 7.97. The summed E-state index contributed by atoms with van der Waals surface area (Å²) in [6.07, 6.45) is 3.71. The maximum absolute atomic E-state index is 11.9. The predicted molar refractivity (Wildman–Crippen MR) is 94.3 cm³/mol. The number of cyclic esters (lactones) is 1. The van der Waals surface area contributed by atoms with Crippen molar-refractivity contribution in [3.8, 4) is 0 Å². The highest BCUT2D eigenvalue weighted by molar-refractivity contribution is 6.30. The lowest BCUT2D eigenvalue weighted by molar-refractivity contribution is 0.119. The number of benzene rings is 1. The van der Waals surface area contributed by atoms with Gasteiger partial charge in [0.1, 0.15) is 6.61 Å². The minimum absolute atomic E-state index is 0. The van der Waals surface area contributed by atoms with Crippen LogP contribution < -0.4 is 5.73 Å². The van der Waals surface area contributed by atoms with Crippen LogP contribution >= 0.6 is 24.0 Å². The topological polar surface area (TPSA) is 55.6 Å². The van der Waals surface area contributed by atoms with Crippen LogP contribution in [0.4, 0.5) is 4.79 Å². The molecular formula is C17H24Cl2N2O2. The molecule has 1 aliphatic heterocycles. The lowest BCUT2D eigenvalue weighted by atomic mass is 9.68. The zero-order valence-corrected chi connectivity index (χ0v) is 14.9. The summed E-state index contributed by atoms with van der Waals surface area (Å²) < 4.78 is 5.15. The Bertz CT molecular complexity index is 559. The van der Waals surface area contributed by atoms with Gasteiger partial charge in [0.25, 0.3) is 0 Å². The molecule has 0 bridgehead atoms. The molecule has 6 heteroatoms. The Balaban J connectivity index is 0.00000192. The molecule has 23 heavy (non-hydrogen) atoms. The van der Waals surface area contributed by atoms with Gasteiger partial charge in [0.15, 0.2) is 0 Å². The number of rotatable bonds is 3. The SMILES string of the molecule is C[C@@H]1COC(=O)N1[C@H]1CC[C@@](CN)(c2cccc(Cl)c2)CC1.Cl. The van der Waals surface area contributed by atoms with E-state index >= 15 is 0 Å². The van der Waals surface area contributed by atoms with Gasteiger partial charge < -0.3 is 10.5 Å². The van der Waals surface area contributed by atoms with Crippen LogP contribution in [0, 0.1) is 0 Å². The highest BCUT2D eigenvalue weighted by Crippen LogP contribution is 2.41. The highest BCUT2D eigenvalue weighted by Gasteiger charge is 2.42. The number of nitrogens with two attached hydrogens (primary N) is 1. The van der Waals surface area contributed by atoms with Crippen LogP contribution in [0.1, 0.15) is 38.2 Å². The van der Waals surface area contributed by atoms with E-state index in [1.807, 2.05) is 30.0 Å². The molecule has 1 atom stereocenters. The van der Waals surface area contributed by atoms with Gasteiger partial charge in [0.2, 0.25) is 0 Å². The number of ether oxygens (including phenoxy) is 1. The average Bonchev–Trinajstić information content (AvgIpc) is 2.86. The Morgan fingerprint density at radius 1 is 1.39 bits per heavy atom. The molecule has 2 N–H and O–H groups in total. The van der Waals surface area contributed by atoms with Gasteiger partial charge in [-0.2, -0.15) is 0 Å². The molecule has 1 heterocycles. The molecule has 0 radical (unpaired) electrons. The Morgan fingerprint density at radius 3 is 2.61 bits per heavy atom. The summed E-state index contributed by atoms with van der Waals surface area (Å²) in [7, 11) is 0. The maximum Gasteiger partial charge on any atom is 0.410 e. The van der Waals surface area contributed by atoms with E-state index in [0.29, 0.717) is 13.2 Å². The van der Waals surface area contributed by atoms with Gasteiger partial charge >= 0.3 is 6.09 Å². The van der Waals surface area contributed by atoms with E-state index in [9.17, 15) is 4.79 Å². The Labute approximate surface area is 148 Å². The molecular weight excluding hydrogens is 335 g/mol. The standard InChI is InChI=1S/C17H23ClN2O2.ClH/c1-12-10-22-16(21)20(12)15-5-7-17(11-19,8-6-15)13-3-2-4-14(18)9-13;/h2-4,9,12,15H,5-8,10-11,19H2,1H3;1H/t12-,15-,17+;/m1./s1. The zero-order chi connectivity index (χ0) is 15.7. The smallest absolute Gasteiger partial charge is 0.410 e. The van der Waals surface area contributed by atoms with Gasteiger partial charge in [-0.25, -0.2) is 4.79 Å². The third-order valence-electron chi connectivity index (χ3n) is 5.27. The molecule has 2 fully saturated rings. The van der Waals surface area contributed by atoms with Gasteiger partial charge in [0, 0.05) is 23.0 Å². The number of halogens is 2. The van der Waals surface area contributed by atoms with Crippen molar-refractivity contribution in [2.24, 2.45) is 5.73 Å². The van der Waals surface area contributed by atoms with Crippen molar-refractivity contribution in [3.63, 3.8) is 0 Å². The van der Waals surface area contributed by atoms with Gasteiger partial charge in [0.05, 0.1) is 6.04 Å². The van der Waals surface area contributed by atoms with Crippen molar-refractivity contribution >= 4 is 30.1 Å². The van der Waals surface area contributed by atoms with Crippen LogP contribution in [0.2, 0.25) is 5.02 Å². The summed E-state index contributed by atoms with van der Waals surface area (Å²) in [5, 5.41) is 0.754. The number of hydrogen-bond donors (Lipinski definition) is 1. The second kappa shape index (κ2) is 7.29. The molecule has 1 aromatic rings. The molecule has 0 aromatic heterocycles. The molecule has 3 rings (SSSR count). The molecule has 1 aromatic carbocycles. The summed E-state index contributed by atoms with van der Waals surface area (Å²) in [4.78, 5) is 13.8. The van der Waals surface area contributed by atoms with Crippen molar-refractivity contribution in [2.75, 3.05) is 13.2 Å². The summed E-state index contributed by atoms with van der Waals surface area (Å²) in [6, 6.07) is 8.47. The molecule has 1 saturated carbocycles. The maximum atomic E-state index is 11.9. The summed E-state index contributed by atoms with van der Waals surface area (Å²) >= 11 is 6.14. The lowest BCUT2D eigenvalue weighted by Gasteiger charge is -2.42. The Kier molecular flexibility index (Phi) is 5.82. The first kappa shape index (κ1) is 18.4. The number of carbonyl (C=O) groups excluding carboxylic acids is 1. The van der Waals surface area contributed by atoms with Crippen LogP contribution in [0.25, 0.3) is 0 Å². The van der Waals surface area contributed by atoms with Crippen molar-refractivity contribution in [2.45, 2.75) is 50.1 Å². The molecule has 2 aliphatic rings. The van der Waals surface area contributed by atoms with Crippen LogP contribution in [0.5, 0.6) is 0 Å². The first-order chi connectivity index (χ1) is 10.6. The number of amides is 1. The fourth-order valence-corrected chi connectivity index (χ4v) is 4.09. The molecule has 0 unspecified atom stereocenters. The summed E-state index contributed by atoms with van der Waals surface area (Å²) in [6.45, 7) is 3.17. The van der Waals surface area contributed by atoms with Gasteiger partial charge in [-0.3, -0.25) is 4.90 Å². The summed E-state index contributed by atoms with van der Waals surface area (Å²) in [5.74, 6) is 0. The highest BCUT2D eigenvalue weighted by atomic mass is 35.5. The van der Waals surface area contributed by atoms with E-state index in [1.165, 1.54) is 5.56 Å². The second-order valence-corrected chi connectivity index (χ2v) is 7.00. The number of carbonyl (C=O) groups is 1. The van der Waals surface area contributed by atoms with Gasteiger partial charge in [-0.05, 0) is 50.3 Å². The van der Waals surface area contributed by atoms with Crippen molar-refractivity contribution in [1.29, 1.82) is 0 Å². The zero-order valence-electron chi connectivity index (χ0n) is 13.3. The van der Waals surface area contributed by atoms with Crippen LogP contribution in [-0.4, -0.2) is 36.2 Å². The van der Waals surface area contributed by atoms with Crippen LogP contribution in [0.15, 0.2) is 24.3 Å². The first-order valence-corrected chi connectivity index (χ1v) is 8.35. The van der Waals surface area contributed by atoms with Crippen molar-refractivity contribution in [3.05, 3.63) is 34.9 Å². The van der Waals surface area contributed by atoms with Crippen molar-refractivity contribution in [1.82, 2.24) is 4.90 Å². The molecule has 1 aliphatic carbocycles. The average molecular weight is 359 g/mol. The molecule has 1 amide bonds. The summed E-state index contributed by atoms with van der Waals surface area (Å²) in [5.41, 5.74) is 7.33. The van der Waals surface area contributed by atoms with Crippen LogP contribution in [0.3, 0.4) is 0 Å².